The third-order valence-corrected chi connectivity index (χ3v) is 6.84. The Bertz CT molecular complexity index is 609. The van der Waals surface area contributed by atoms with E-state index in [1.54, 1.807) is 0 Å². The molecule has 0 saturated heterocycles. The fourth-order valence-electron chi connectivity index (χ4n) is 5.81. The molecule has 23 heavy (non-hydrogen) atoms. The van der Waals surface area contributed by atoms with E-state index in [1.807, 2.05) is 0 Å². The van der Waals surface area contributed by atoms with Gasteiger partial charge in [-0.2, -0.15) is 0 Å². The lowest BCUT2D eigenvalue weighted by Gasteiger charge is -2.59. The lowest BCUT2D eigenvalue weighted by molar-refractivity contribution is -0.0688. The third kappa shape index (κ3) is 2.67. The molecule has 1 amide bonds. The average Bonchev–Trinajstić information content (AvgIpc) is 2.45. The Hall–Kier alpha value is -1.09. The molecule has 1 unspecified atom stereocenters. The molecule has 0 aromatic heterocycles. The van der Waals surface area contributed by atoms with Gasteiger partial charge in [0.15, 0.2) is 0 Å². The van der Waals surface area contributed by atoms with Gasteiger partial charge in [0.05, 0.1) is 10.6 Å². The molecule has 4 heteroatoms. The molecule has 1 aromatic rings. The van der Waals surface area contributed by atoms with Crippen LogP contribution in [0.15, 0.2) is 18.2 Å². The first kappa shape index (κ1) is 15.4. The van der Waals surface area contributed by atoms with Crippen LogP contribution in [0.3, 0.4) is 0 Å². The van der Waals surface area contributed by atoms with Crippen LogP contribution >= 0.6 is 11.6 Å². The van der Waals surface area contributed by atoms with E-state index in [2.05, 4.69) is 12.2 Å². The molecule has 1 aromatic carbocycles. The number of hydrogen-bond donors (Lipinski definition) is 1. The summed E-state index contributed by atoms with van der Waals surface area (Å²) in [6, 6.07) is 4.10. The molecule has 4 bridgehead atoms. The first-order chi connectivity index (χ1) is 10.9. The van der Waals surface area contributed by atoms with Gasteiger partial charge in [0.2, 0.25) is 0 Å². The molecular formula is C19H23ClFNO. The Morgan fingerprint density at radius 1 is 1.22 bits per heavy atom. The van der Waals surface area contributed by atoms with E-state index in [4.69, 9.17) is 11.6 Å². The minimum Gasteiger partial charge on any atom is -0.349 e. The minimum absolute atomic E-state index is 0.143. The normalized spacial score (nSPS) is 36.0. The van der Waals surface area contributed by atoms with Crippen molar-refractivity contribution in [3.63, 3.8) is 0 Å². The summed E-state index contributed by atoms with van der Waals surface area (Å²) in [7, 11) is 0. The predicted octanol–water partition coefficient (Wildman–Crippen LogP) is 4.81. The molecular weight excluding hydrogens is 313 g/mol. The van der Waals surface area contributed by atoms with E-state index in [-0.39, 0.29) is 22.4 Å². The van der Waals surface area contributed by atoms with E-state index in [0.29, 0.717) is 5.56 Å². The van der Waals surface area contributed by atoms with E-state index in [1.165, 1.54) is 56.7 Å². The highest BCUT2D eigenvalue weighted by Gasteiger charge is 2.53. The van der Waals surface area contributed by atoms with Gasteiger partial charge in [0, 0.05) is 6.04 Å². The SMILES string of the molecule is CC(NC(=O)c1ccc(F)cc1Cl)C12CC3CC(CC(C3)C1)C2. The number of amides is 1. The van der Waals surface area contributed by atoms with Gasteiger partial charge in [0.1, 0.15) is 5.82 Å². The summed E-state index contributed by atoms with van der Waals surface area (Å²) in [5.41, 5.74) is 0.626. The zero-order chi connectivity index (χ0) is 16.2. The molecule has 1 atom stereocenters. The zero-order valence-electron chi connectivity index (χ0n) is 13.4. The molecule has 5 rings (SSSR count). The monoisotopic (exact) mass is 335 g/mol. The summed E-state index contributed by atoms with van der Waals surface area (Å²) in [6.45, 7) is 2.14. The molecule has 1 N–H and O–H groups in total. The van der Waals surface area contributed by atoms with Crippen molar-refractivity contribution in [3.05, 3.63) is 34.6 Å². The Labute approximate surface area is 141 Å². The fourth-order valence-corrected chi connectivity index (χ4v) is 6.06. The molecule has 2 nitrogen and oxygen atoms in total. The van der Waals surface area contributed by atoms with E-state index in [0.717, 1.165) is 17.8 Å². The van der Waals surface area contributed by atoms with E-state index in [9.17, 15) is 9.18 Å². The molecule has 0 spiro atoms. The third-order valence-electron chi connectivity index (χ3n) is 6.53. The molecule has 4 fully saturated rings. The maximum absolute atomic E-state index is 13.2. The minimum atomic E-state index is -0.416. The quantitative estimate of drug-likeness (QED) is 0.843. The number of rotatable bonds is 3. The molecule has 4 aliphatic rings. The van der Waals surface area contributed by atoms with Crippen LogP contribution in [0.1, 0.15) is 55.8 Å². The zero-order valence-corrected chi connectivity index (χ0v) is 14.2. The number of nitrogens with one attached hydrogen (secondary N) is 1. The van der Waals surface area contributed by atoms with Crippen molar-refractivity contribution in [2.75, 3.05) is 0 Å². The molecule has 124 valence electrons. The summed E-state index contributed by atoms with van der Waals surface area (Å²) in [6.07, 6.45) is 7.92. The average molecular weight is 336 g/mol. The molecule has 0 radical (unpaired) electrons. The Morgan fingerprint density at radius 2 is 1.78 bits per heavy atom. The van der Waals surface area contributed by atoms with Crippen molar-refractivity contribution in [2.24, 2.45) is 23.2 Å². The van der Waals surface area contributed by atoms with Crippen LogP contribution < -0.4 is 5.32 Å². The van der Waals surface area contributed by atoms with Crippen LogP contribution in [-0.4, -0.2) is 11.9 Å². The first-order valence-corrected chi connectivity index (χ1v) is 9.09. The second kappa shape index (κ2) is 5.47. The van der Waals surface area contributed by atoms with Crippen LogP contribution in [0.25, 0.3) is 0 Å². The smallest absolute Gasteiger partial charge is 0.253 e. The summed E-state index contributed by atoms with van der Waals surface area (Å²) >= 11 is 6.03. The van der Waals surface area contributed by atoms with Crippen LogP contribution in [0.5, 0.6) is 0 Å². The Balaban J connectivity index is 1.51. The van der Waals surface area contributed by atoms with Crippen molar-refractivity contribution in [2.45, 2.75) is 51.5 Å². The van der Waals surface area contributed by atoms with E-state index >= 15 is 0 Å². The number of halogens is 2. The van der Waals surface area contributed by atoms with E-state index < -0.39 is 5.82 Å². The number of hydrogen-bond acceptors (Lipinski definition) is 1. The van der Waals surface area contributed by atoms with Gasteiger partial charge < -0.3 is 5.32 Å². The second-order valence-corrected chi connectivity index (χ2v) is 8.51. The molecule has 4 aliphatic carbocycles. The number of benzene rings is 1. The summed E-state index contributed by atoms with van der Waals surface area (Å²) < 4.78 is 13.2. The topological polar surface area (TPSA) is 29.1 Å². The highest BCUT2D eigenvalue weighted by Crippen LogP contribution is 2.61. The fraction of sp³-hybridized carbons (Fsp3) is 0.632. The van der Waals surface area contributed by atoms with Crippen LogP contribution in [-0.2, 0) is 0 Å². The lowest BCUT2D eigenvalue weighted by atomic mass is 9.48. The van der Waals surface area contributed by atoms with Gasteiger partial charge in [0.25, 0.3) is 5.91 Å². The van der Waals surface area contributed by atoms with Crippen LogP contribution in [0, 0.1) is 29.0 Å². The largest absolute Gasteiger partial charge is 0.349 e. The standard InChI is InChI=1S/C19H23ClFNO/c1-11(22-18(23)16-3-2-15(21)7-17(16)20)19-8-12-4-13(9-19)6-14(5-12)10-19/h2-3,7,11-14H,4-6,8-10H2,1H3,(H,22,23). The Kier molecular flexibility index (Phi) is 3.67. The van der Waals surface area contributed by atoms with Gasteiger partial charge in [-0.25, -0.2) is 4.39 Å². The first-order valence-electron chi connectivity index (χ1n) is 8.71. The summed E-state index contributed by atoms with van der Waals surface area (Å²) in [4.78, 5) is 12.6. The highest BCUT2D eigenvalue weighted by atomic mass is 35.5. The lowest BCUT2D eigenvalue weighted by Crippen LogP contribution is -2.55. The van der Waals surface area contributed by atoms with Crippen molar-refractivity contribution in [3.8, 4) is 0 Å². The second-order valence-electron chi connectivity index (χ2n) is 8.10. The summed E-state index contributed by atoms with van der Waals surface area (Å²) in [5, 5.41) is 3.35. The van der Waals surface area contributed by atoms with Gasteiger partial charge in [-0.15, -0.1) is 0 Å². The van der Waals surface area contributed by atoms with Crippen LogP contribution in [0.2, 0.25) is 5.02 Å². The van der Waals surface area contributed by atoms with Gasteiger partial charge in [-0.1, -0.05) is 11.6 Å². The van der Waals surface area contributed by atoms with Crippen LogP contribution in [0.4, 0.5) is 4.39 Å². The van der Waals surface area contributed by atoms with Crippen molar-refractivity contribution in [1.29, 1.82) is 0 Å². The van der Waals surface area contributed by atoms with Crippen molar-refractivity contribution < 1.29 is 9.18 Å². The van der Waals surface area contributed by atoms with Crippen molar-refractivity contribution >= 4 is 17.5 Å². The maximum Gasteiger partial charge on any atom is 0.253 e. The van der Waals surface area contributed by atoms with Gasteiger partial charge in [-0.3, -0.25) is 4.79 Å². The number of carbonyl (C=O) groups is 1. The maximum atomic E-state index is 13.2. The predicted molar refractivity (Wildman–Crippen MR) is 88.9 cm³/mol. The Morgan fingerprint density at radius 3 is 2.30 bits per heavy atom. The highest BCUT2D eigenvalue weighted by molar-refractivity contribution is 6.33. The number of carbonyl (C=O) groups excluding carboxylic acids is 1. The molecule has 4 saturated carbocycles. The molecule has 0 heterocycles. The van der Waals surface area contributed by atoms with Gasteiger partial charge >= 0.3 is 0 Å². The van der Waals surface area contributed by atoms with Crippen molar-refractivity contribution in [1.82, 2.24) is 5.32 Å². The molecule has 0 aliphatic heterocycles. The van der Waals surface area contributed by atoms with Gasteiger partial charge in [-0.05, 0) is 86.8 Å². The summed E-state index contributed by atoms with van der Waals surface area (Å²) in [5.74, 6) is 1.97.